The van der Waals surface area contributed by atoms with Crippen molar-refractivity contribution in [3.8, 4) is 0 Å². The van der Waals surface area contributed by atoms with E-state index in [4.69, 9.17) is 0 Å². The molecule has 0 unspecified atom stereocenters. The third-order valence-electron chi connectivity index (χ3n) is 4.15. The summed E-state index contributed by atoms with van der Waals surface area (Å²) < 4.78 is 0. The number of pyridine rings is 1. The van der Waals surface area contributed by atoms with E-state index < -0.39 is 0 Å². The van der Waals surface area contributed by atoms with Crippen LogP contribution >= 0.6 is 12.4 Å². The predicted molar refractivity (Wildman–Crippen MR) is 94.0 cm³/mol. The van der Waals surface area contributed by atoms with Crippen molar-refractivity contribution in [2.75, 3.05) is 32.7 Å². The van der Waals surface area contributed by atoms with E-state index in [2.05, 4.69) is 22.0 Å². The van der Waals surface area contributed by atoms with Crippen molar-refractivity contribution in [2.24, 2.45) is 0 Å². The van der Waals surface area contributed by atoms with E-state index in [1.165, 1.54) is 5.56 Å². The van der Waals surface area contributed by atoms with Gasteiger partial charge in [0.25, 0.3) is 5.91 Å². The minimum atomic E-state index is 0. The third-order valence-corrected chi connectivity index (χ3v) is 4.15. The van der Waals surface area contributed by atoms with Crippen LogP contribution in [0.2, 0.25) is 0 Å². The summed E-state index contributed by atoms with van der Waals surface area (Å²) in [6, 6.07) is 13.7. The molecule has 23 heavy (non-hydrogen) atoms. The number of hydrogen-bond acceptors (Lipinski definition) is 3. The lowest BCUT2D eigenvalue weighted by Crippen LogP contribution is -2.49. The molecule has 1 aromatic heterocycles. The normalized spacial score (nSPS) is 15.0. The van der Waals surface area contributed by atoms with Crippen molar-refractivity contribution in [2.45, 2.75) is 6.42 Å². The van der Waals surface area contributed by atoms with Crippen LogP contribution < -0.4 is 0 Å². The van der Waals surface area contributed by atoms with E-state index in [1.807, 2.05) is 47.6 Å². The van der Waals surface area contributed by atoms with Gasteiger partial charge >= 0.3 is 0 Å². The van der Waals surface area contributed by atoms with Gasteiger partial charge in [-0.25, -0.2) is 0 Å². The summed E-state index contributed by atoms with van der Waals surface area (Å²) in [6.45, 7) is 4.55. The number of carbonyl (C=O) groups excluding carboxylic acids is 1. The monoisotopic (exact) mass is 331 g/mol. The minimum Gasteiger partial charge on any atom is -0.336 e. The summed E-state index contributed by atoms with van der Waals surface area (Å²) in [5.74, 6) is 0.148. The molecule has 1 aromatic carbocycles. The predicted octanol–water partition coefficient (Wildman–Crippen LogP) is 2.50. The fraction of sp³-hybridized carbons (Fsp3) is 0.333. The summed E-state index contributed by atoms with van der Waals surface area (Å²) in [5, 5.41) is 0. The Balaban J connectivity index is 0.00000192. The molecule has 0 saturated carbocycles. The van der Waals surface area contributed by atoms with Crippen LogP contribution in [-0.4, -0.2) is 53.4 Å². The van der Waals surface area contributed by atoms with Gasteiger partial charge in [0.15, 0.2) is 0 Å². The number of carbonyl (C=O) groups is 1. The lowest BCUT2D eigenvalue weighted by molar-refractivity contribution is 0.0638. The zero-order valence-electron chi connectivity index (χ0n) is 13.1. The molecule has 1 saturated heterocycles. The first-order valence-electron chi connectivity index (χ1n) is 7.78. The van der Waals surface area contributed by atoms with E-state index in [0.717, 1.165) is 44.7 Å². The van der Waals surface area contributed by atoms with Gasteiger partial charge in [0, 0.05) is 50.7 Å². The Morgan fingerprint density at radius 2 is 1.61 bits per heavy atom. The molecule has 4 nitrogen and oxygen atoms in total. The van der Waals surface area contributed by atoms with Gasteiger partial charge in [0.1, 0.15) is 0 Å². The molecule has 0 radical (unpaired) electrons. The molecule has 1 fully saturated rings. The summed E-state index contributed by atoms with van der Waals surface area (Å²) in [6.07, 6.45) is 4.72. The number of piperazine rings is 1. The van der Waals surface area contributed by atoms with Crippen LogP contribution in [0.5, 0.6) is 0 Å². The van der Waals surface area contributed by atoms with Crippen molar-refractivity contribution >= 4 is 18.3 Å². The maximum atomic E-state index is 12.4. The summed E-state index contributed by atoms with van der Waals surface area (Å²) in [5.41, 5.74) is 2.10. The average Bonchev–Trinajstić information content (AvgIpc) is 2.61. The zero-order chi connectivity index (χ0) is 15.2. The lowest BCUT2D eigenvalue weighted by atomic mass is 10.1. The number of amides is 1. The first kappa shape index (κ1) is 17.4. The molecular formula is C18H22ClN3O. The Bertz CT molecular complexity index is 598. The molecule has 0 N–H and O–H groups in total. The van der Waals surface area contributed by atoms with E-state index in [0.29, 0.717) is 0 Å². The number of nitrogens with zero attached hydrogens (tertiary/aromatic N) is 3. The quantitative estimate of drug-likeness (QED) is 0.863. The molecule has 3 rings (SSSR count). The van der Waals surface area contributed by atoms with E-state index in [9.17, 15) is 4.79 Å². The first-order valence-corrected chi connectivity index (χ1v) is 7.78. The molecule has 1 aliphatic heterocycles. The van der Waals surface area contributed by atoms with Gasteiger partial charge < -0.3 is 4.90 Å². The largest absolute Gasteiger partial charge is 0.336 e. The third kappa shape index (κ3) is 4.78. The molecule has 0 spiro atoms. The Morgan fingerprint density at radius 1 is 0.957 bits per heavy atom. The van der Waals surface area contributed by atoms with Crippen molar-refractivity contribution in [1.82, 2.24) is 14.8 Å². The highest BCUT2D eigenvalue weighted by Gasteiger charge is 2.21. The van der Waals surface area contributed by atoms with Gasteiger partial charge in [0.2, 0.25) is 0 Å². The molecule has 0 aliphatic carbocycles. The van der Waals surface area contributed by atoms with E-state index in [-0.39, 0.29) is 18.3 Å². The Kier molecular flexibility index (Phi) is 6.56. The summed E-state index contributed by atoms with van der Waals surface area (Å²) in [7, 11) is 0. The maximum Gasteiger partial charge on any atom is 0.253 e. The molecule has 2 aromatic rings. The lowest BCUT2D eigenvalue weighted by Gasteiger charge is -2.34. The zero-order valence-corrected chi connectivity index (χ0v) is 13.9. The van der Waals surface area contributed by atoms with Gasteiger partial charge in [-0.3, -0.25) is 14.7 Å². The molecule has 2 heterocycles. The number of benzene rings is 1. The number of hydrogen-bond donors (Lipinski definition) is 0. The van der Waals surface area contributed by atoms with Crippen LogP contribution in [0.4, 0.5) is 0 Å². The second kappa shape index (κ2) is 8.65. The Hall–Kier alpha value is -1.91. The summed E-state index contributed by atoms with van der Waals surface area (Å²) in [4.78, 5) is 20.8. The molecule has 1 aliphatic rings. The number of aromatic nitrogens is 1. The van der Waals surface area contributed by atoms with Crippen LogP contribution in [-0.2, 0) is 6.42 Å². The van der Waals surface area contributed by atoms with Gasteiger partial charge in [-0.2, -0.15) is 0 Å². The molecule has 0 atom stereocenters. The van der Waals surface area contributed by atoms with Gasteiger partial charge in [-0.15, -0.1) is 12.4 Å². The van der Waals surface area contributed by atoms with Gasteiger partial charge in [-0.05, 0) is 36.2 Å². The molecule has 0 bridgehead atoms. The molecule has 1 amide bonds. The fourth-order valence-electron chi connectivity index (χ4n) is 2.77. The van der Waals surface area contributed by atoms with E-state index >= 15 is 0 Å². The fourth-order valence-corrected chi connectivity index (χ4v) is 2.77. The highest BCUT2D eigenvalue weighted by Crippen LogP contribution is 2.09. The number of rotatable bonds is 4. The second-order valence-corrected chi connectivity index (χ2v) is 5.61. The van der Waals surface area contributed by atoms with Gasteiger partial charge in [0.05, 0.1) is 0 Å². The first-order chi connectivity index (χ1) is 10.8. The van der Waals surface area contributed by atoms with Crippen LogP contribution in [0, 0.1) is 0 Å². The summed E-state index contributed by atoms with van der Waals surface area (Å²) >= 11 is 0. The van der Waals surface area contributed by atoms with Crippen LogP contribution in [0.15, 0.2) is 54.9 Å². The number of halogens is 1. The average molecular weight is 332 g/mol. The van der Waals surface area contributed by atoms with Crippen molar-refractivity contribution < 1.29 is 4.79 Å². The molecule has 5 heteroatoms. The van der Waals surface area contributed by atoms with Crippen molar-refractivity contribution in [1.29, 1.82) is 0 Å². The smallest absolute Gasteiger partial charge is 0.253 e. The van der Waals surface area contributed by atoms with E-state index in [1.54, 1.807) is 0 Å². The topological polar surface area (TPSA) is 36.4 Å². The maximum absolute atomic E-state index is 12.4. The van der Waals surface area contributed by atoms with Gasteiger partial charge in [-0.1, -0.05) is 18.2 Å². The molecule has 122 valence electrons. The minimum absolute atomic E-state index is 0. The highest BCUT2D eigenvalue weighted by atomic mass is 35.5. The highest BCUT2D eigenvalue weighted by molar-refractivity contribution is 5.94. The van der Waals surface area contributed by atoms with Crippen LogP contribution in [0.3, 0.4) is 0 Å². The Labute approximate surface area is 143 Å². The SMILES string of the molecule is Cl.O=C(c1ccccc1)N1CCN(CCc2ccncc2)CC1. The van der Waals surface area contributed by atoms with Crippen LogP contribution in [0.1, 0.15) is 15.9 Å². The van der Waals surface area contributed by atoms with Crippen molar-refractivity contribution in [3.63, 3.8) is 0 Å². The second-order valence-electron chi connectivity index (χ2n) is 5.61. The standard InChI is InChI=1S/C18H21N3O.ClH/c22-18(17-4-2-1-3-5-17)21-14-12-20(13-15-21)11-8-16-6-9-19-10-7-16;/h1-7,9-10H,8,11-15H2;1H. The van der Waals surface area contributed by atoms with Crippen LogP contribution in [0.25, 0.3) is 0 Å². The Morgan fingerprint density at radius 3 is 2.26 bits per heavy atom. The van der Waals surface area contributed by atoms with Crippen molar-refractivity contribution in [3.05, 3.63) is 66.0 Å². The molecular weight excluding hydrogens is 310 g/mol.